The molecule has 2 heterocycles. The number of fused-ring (bicyclic) bond motifs is 1. The van der Waals surface area contributed by atoms with Crippen molar-refractivity contribution in [1.29, 1.82) is 0 Å². The van der Waals surface area contributed by atoms with Crippen LogP contribution in [-0.2, 0) is 25.7 Å². The van der Waals surface area contributed by atoms with Crippen LogP contribution in [0.25, 0.3) is 0 Å². The first-order chi connectivity index (χ1) is 14.4. The normalized spacial score (nSPS) is 20.1. The number of Topliss-reactive ketones (excluding diaryl/α,β-unsaturated/α-hetero) is 2. The number of allylic oxidation sites excluding steroid dienone is 2. The highest BCUT2D eigenvalue weighted by Gasteiger charge is 2.48. The van der Waals surface area contributed by atoms with E-state index in [9.17, 15) is 14.4 Å². The van der Waals surface area contributed by atoms with E-state index >= 15 is 0 Å². The van der Waals surface area contributed by atoms with E-state index in [0.717, 1.165) is 5.56 Å². The zero-order valence-electron chi connectivity index (χ0n) is 17.5. The van der Waals surface area contributed by atoms with E-state index in [4.69, 9.17) is 10.5 Å². The first kappa shape index (κ1) is 21.6. The number of benzene rings is 1. The molecule has 3 rings (SSSR count). The summed E-state index contributed by atoms with van der Waals surface area (Å²) >= 11 is 0. The molecule has 0 radical (unpaired) electrons. The van der Waals surface area contributed by atoms with Gasteiger partial charge in [0, 0.05) is 36.6 Å². The van der Waals surface area contributed by atoms with Gasteiger partial charge < -0.3 is 15.4 Å². The van der Waals surface area contributed by atoms with Crippen LogP contribution in [0, 0.1) is 5.41 Å². The second kappa shape index (κ2) is 9.11. The smallest absolute Gasteiger partial charge is 0.289 e. The van der Waals surface area contributed by atoms with Crippen molar-refractivity contribution in [2.24, 2.45) is 11.1 Å². The van der Waals surface area contributed by atoms with Crippen LogP contribution in [0.5, 0.6) is 0 Å². The van der Waals surface area contributed by atoms with Crippen LogP contribution >= 0.6 is 0 Å². The Morgan fingerprint density at radius 2 is 1.90 bits per heavy atom. The molecule has 2 aliphatic heterocycles. The Morgan fingerprint density at radius 1 is 1.17 bits per heavy atom. The van der Waals surface area contributed by atoms with Crippen molar-refractivity contribution in [2.75, 3.05) is 6.54 Å². The number of ketones is 2. The minimum Gasteiger partial charge on any atom is -0.487 e. The van der Waals surface area contributed by atoms with E-state index in [1.165, 1.54) is 0 Å². The van der Waals surface area contributed by atoms with Crippen molar-refractivity contribution < 1.29 is 19.1 Å². The van der Waals surface area contributed by atoms with E-state index in [1.807, 2.05) is 61.4 Å². The number of primary amides is 1. The maximum Gasteiger partial charge on any atom is 0.289 e. The molecule has 30 heavy (non-hydrogen) atoms. The van der Waals surface area contributed by atoms with Crippen LogP contribution in [0.4, 0.5) is 0 Å². The number of ether oxygens (including phenoxy) is 1. The molecule has 1 aromatic carbocycles. The lowest BCUT2D eigenvalue weighted by Crippen LogP contribution is -2.35. The van der Waals surface area contributed by atoms with Gasteiger partial charge in [-0.25, -0.2) is 0 Å². The van der Waals surface area contributed by atoms with E-state index in [1.54, 1.807) is 6.08 Å². The molecule has 0 saturated carbocycles. The van der Waals surface area contributed by atoms with Crippen molar-refractivity contribution in [3.8, 4) is 0 Å². The van der Waals surface area contributed by atoms with Gasteiger partial charge in [-0.3, -0.25) is 14.4 Å². The summed E-state index contributed by atoms with van der Waals surface area (Å²) in [6.45, 7) is 4.64. The maximum atomic E-state index is 13.0. The number of nitrogens with two attached hydrogens (primary N) is 1. The fourth-order valence-electron chi connectivity index (χ4n) is 4.13. The summed E-state index contributed by atoms with van der Waals surface area (Å²) in [4.78, 5) is 38.8. The van der Waals surface area contributed by atoms with Crippen molar-refractivity contribution in [1.82, 2.24) is 4.90 Å². The van der Waals surface area contributed by atoms with E-state index < -0.39 is 17.1 Å². The van der Waals surface area contributed by atoms with Gasteiger partial charge in [0.25, 0.3) is 5.91 Å². The monoisotopic (exact) mass is 408 g/mol. The predicted molar refractivity (Wildman–Crippen MR) is 114 cm³/mol. The average molecular weight is 408 g/mol. The Labute approximate surface area is 177 Å². The highest BCUT2D eigenvalue weighted by atomic mass is 16.5. The molecular formula is C24H28N2O4. The fourth-order valence-corrected chi connectivity index (χ4v) is 4.13. The summed E-state index contributed by atoms with van der Waals surface area (Å²) in [5.74, 6) is -1.03. The number of rotatable bonds is 10. The quantitative estimate of drug-likeness (QED) is 0.600. The molecule has 0 spiro atoms. The summed E-state index contributed by atoms with van der Waals surface area (Å²) in [5, 5.41) is 0. The summed E-state index contributed by atoms with van der Waals surface area (Å²) in [5.41, 5.74) is 6.74. The first-order valence-corrected chi connectivity index (χ1v) is 10.3. The van der Waals surface area contributed by atoms with Crippen LogP contribution in [-0.4, -0.2) is 28.9 Å². The van der Waals surface area contributed by atoms with E-state index in [0.29, 0.717) is 55.9 Å². The van der Waals surface area contributed by atoms with Crippen LogP contribution in [0.3, 0.4) is 0 Å². The van der Waals surface area contributed by atoms with Gasteiger partial charge in [-0.1, -0.05) is 44.2 Å². The highest BCUT2D eigenvalue weighted by Crippen LogP contribution is 2.49. The second-order valence-electron chi connectivity index (χ2n) is 7.72. The van der Waals surface area contributed by atoms with Gasteiger partial charge in [0.1, 0.15) is 18.1 Å². The average Bonchev–Trinajstić information content (AvgIpc) is 3.11. The Hall–Kier alpha value is -3.15. The molecule has 1 amide bonds. The second-order valence-corrected chi connectivity index (χ2v) is 7.72. The molecular weight excluding hydrogens is 380 g/mol. The third-order valence-corrected chi connectivity index (χ3v) is 5.92. The third kappa shape index (κ3) is 4.22. The maximum absolute atomic E-state index is 13.0. The minimum atomic E-state index is -0.990. The lowest BCUT2D eigenvalue weighted by atomic mass is 9.73. The van der Waals surface area contributed by atoms with Gasteiger partial charge >= 0.3 is 0 Å². The zero-order chi connectivity index (χ0) is 21.7. The molecule has 6 nitrogen and oxygen atoms in total. The SMILES string of the molecule is CCC(=O)CCC1(CC)CN2C=CC=C(OCc3ccccc3)C2=C1C(=O)C(N)=O. The van der Waals surface area contributed by atoms with Gasteiger partial charge in [-0.15, -0.1) is 0 Å². The number of nitrogens with zero attached hydrogens (tertiary/aromatic N) is 1. The Morgan fingerprint density at radius 3 is 2.53 bits per heavy atom. The lowest BCUT2D eigenvalue weighted by molar-refractivity contribution is -0.134. The van der Waals surface area contributed by atoms with Crippen molar-refractivity contribution in [3.05, 3.63) is 71.3 Å². The van der Waals surface area contributed by atoms with Gasteiger partial charge in [-0.2, -0.15) is 0 Å². The molecule has 2 N–H and O–H groups in total. The number of hydrogen-bond donors (Lipinski definition) is 1. The topological polar surface area (TPSA) is 89.7 Å². The molecule has 0 aliphatic carbocycles. The molecule has 1 unspecified atom stereocenters. The van der Waals surface area contributed by atoms with Crippen LogP contribution in [0.2, 0.25) is 0 Å². The van der Waals surface area contributed by atoms with Crippen LogP contribution in [0.1, 0.15) is 45.1 Å². The van der Waals surface area contributed by atoms with E-state index in [-0.39, 0.29) is 5.78 Å². The largest absolute Gasteiger partial charge is 0.487 e. The molecule has 1 atom stereocenters. The molecule has 0 aromatic heterocycles. The summed E-state index contributed by atoms with van der Waals surface area (Å²) in [6.07, 6.45) is 7.44. The summed E-state index contributed by atoms with van der Waals surface area (Å²) < 4.78 is 6.07. The Bertz CT molecular complexity index is 930. The molecule has 2 aliphatic rings. The van der Waals surface area contributed by atoms with Crippen molar-refractivity contribution in [2.45, 2.75) is 46.1 Å². The molecule has 0 bridgehead atoms. The van der Waals surface area contributed by atoms with Gasteiger partial charge in [0.2, 0.25) is 5.78 Å². The third-order valence-electron chi connectivity index (χ3n) is 5.92. The van der Waals surface area contributed by atoms with Gasteiger partial charge in [-0.05, 0) is 30.6 Å². The minimum absolute atomic E-state index is 0.134. The molecule has 158 valence electrons. The predicted octanol–water partition coefficient (Wildman–Crippen LogP) is 3.39. The van der Waals surface area contributed by atoms with Gasteiger partial charge in [0.05, 0.1) is 5.70 Å². The number of carbonyl (C=O) groups is 3. The summed E-state index contributed by atoms with van der Waals surface area (Å²) in [6, 6.07) is 9.72. The van der Waals surface area contributed by atoms with Crippen molar-refractivity contribution >= 4 is 17.5 Å². The molecule has 1 aromatic rings. The fraction of sp³-hybridized carbons (Fsp3) is 0.375. The lowest BCUT2D eigenvalue weighted by Gasteiger charge is -2.30. The number of hydrogen-bond acceptors (Lipinski definition) is 5. The Kier molecular flexibility index (Phi) is 6.55. The number of carbonyl (C=O) groups excluding carboxylic acids is 3. The van der Waals surface area contributed by atoms with Crippen LogP contribution in [0.15, 0.2) is 65.7 Å². The number of amides is 1. The Balaban J connectivity index is 2.00. The zero-order valence-corrected chi connectivity index (χ0v) is 17.5. The van der Waals surface area contributed by atoms with Gasteiger partial charge in [0.15, 0.2) is 0 Å². The molecule has 0 fully saturated rings. The highest BCUT2D eigenvalue weighted by molar-refractivity contribution is 6.42. The molecule has 6 heteroatoms. The van der Waals surface area contributed by atoms with Crippen LogP contribution < -0.4 is 5.73 Å². The first-order valence-electron chi connectivity index (χ1n) is 10.3. The molecule has 0 saturated heterocycles. The summed E-state index contributed by atoms with van der Waals surface area (Å²) in [7, 11) is 0. The van der Waals surface area contributed by atoms with Crippen molar-refractivity contribution in [3.63, 3.8) is 0 Å². The van der Waals surface area contributed by atoms with E-state index in [2.05, 4.69) is 0 Å². The standard InChI is InChI=1S/C24H28N2O4/c1-3-18(27)12-13-24(4-2)16-26-14-8-11-19(21(26)20(24)22(28)23(25)29)30-15-17-9-6-5-7-10-17/h5-11,14H,3-4,12-13,15-16H2,1-2H3,(H2,25,29).